The highest BCUT2D eigenvalue weighted by molar-refractivity contribution is 7.99. The number of amides is 1. The largest absolute Gasteiger partial charge is 0.493 e. The molecule has 3 rings (SSSR count). The topological polar surface area (TPSA) is 69.0 Å². The van der Waals surface area contributed by atoms with Crippen LogP contribution in [0.4, 0.5) is 5.69 Å². The summed E-state index contributed by atoms with van der Waals surface area (Å²) in [7, 11) is 1.86. The van der Waals surface area contributed by atoms with E-state index in [1.54, 1.807) is 12.1 Å². The molecule has 1 N–H and O–H groups in total. The summed E-state index contributed by atoms with van der Waals surface area (Å²) in [6.45, 7) is 2.49. The Morgan fingerprint density at radius 2 is 1.93 bits per heavy atom. The van der Waals surface area contributed by atoms with Crippen LogP contribution in [-0.4, -0.2) is 33.0 Å². The van der Waals surface area contributed by atoms with E-state index in [4.69, 9.17) is 16.3 Å². The number of nitrogens with one attached hydrogen (secondary N) is 1. The van der Waals surface area contributed by atoms with Gasteiger partial charge in [-0.1, -0.05) is 41.6 Å². The van der Waals surface area contributed by atoms with Gasteiger partial charge in [0.15, 0.2) is 5.16 Å². The molecule has 0 saturated heterocycles. The highest BCUT2D eigenvalue weighted by Gasteiger charge is 2.14. The van der Waals surface area contributed by atoms with Crippen molar-refractivity contribution < 1.29 is 9.53 Å². The first kappa shape index (κ1) is 20.2. The lowest BCUT2D eigenvalue weighted by Crippen LogP contribution is -2.17. The molecule has 0 fully saturated rings. The first-order valence-electron chi connectivity index (χ1n) is 8.78. The molecule has 0 aliphatic rings. The number of aryl methyl sites for hydroxylation is 1. The molecule has 28 heavy (non-hydrogen) atoms. The normalized spacial score (nSPS) is 10.7. The van der Waals surface area contributed by atoms with Gasteiger partial charge >= 0.3 is 0 Å². The molecule has 0 spiro atoms. The second-order valence-corrected chi connectivity index (χ2v) is 7.65. The molecule has 1 aromatic heterocycles. The summed E-state index contributed by atoms with van der Waals surface area (Å²) in [4.78, 5) is 12.3. The number of benzene rings is 2. The zero-order valence-electron chi connectivity index (χ0n) is 15.7. The highest BCUT2D eigenvalue weighted by atomic mass is 35.5. The van der Waals surface area contributed by atoms with Gasteiger partial charge in [0.25, 0.3) is 0 Å². The van der Waals surface area contributed by atoms with Crippen molar-refractivity contribution in [1.29, 1.82) is 0 Å². The summed E-state index contributed by atoms with van der Waals surface area (Å²) < 4.78 is 7.51. The third kappa shape index (κ3) is 5.50. The van der Waals surface area contributed by atoms with Gasteiger partial charge in [-0.2, -0.15) is 0 Å². The molecule has 0 saturated carbocycles. The van der Waals surface area contributed by atoms with E-state index in [9.17, 15) is 4.79 Å². The van der Waals surface area contributed by atoms with Crippen LogP contribution in [-0.2, 0) is 18.3 Å². The zero-order chi connectivity index (χ0) is 19.9. The van der Waals surface area contributed by atoms with Gasteiger partial charge in [0.1, 0.15) is 11.6 Å². The molecule has 0 aliphatic heterocycles. The van der Waals surface area contributed by atoms with Crippen LogP contribution in [0.2, 0.25) is 5.02 Å². The SMILES string of the molecule is Cc1ccccc1NC(=O)Cc1nnc(SCCOc2ccc(Cl)cc2)n1C. The predicted octanol–water partition coefficient (Wildman–Crippen LogP) is 4.13. The van der Waals surface area contributed by atoms with Crippen LogP contribution in [0.15, 0.2) is 53.7 Å². The maximum atomic E-state index is 12.3. The summed E-state index contributed by atoms with van der Waals surface area (Å²) in [5.74, 6) is 1.99. The number of nitrogens with zero attached hydrogens (tertiary/aromatic N) is 3. The summed E-state index contributed by atoms with van der Waals surface area (Å²) in [6, 6.07) is 14.9. The molecule has 0 aliphatic carbocycles. The Hall–Kier alpha value is -2.51. The fourth-order valence-electron chi connectivity index (χ4n) is 2.50. The standard InChI is InChI=1S/C20H21ClN4O2S/c1-14-5-3-4-6-17(14)22-19(26)13-18-23-24-20(25(18)2)28-12-11-27-16-9-7-15(21)8-10-16/h3-10H,11-13H2,1-2H3,(H,22,26). The Morgan fingerprint density at radius 1 is 1.18 bits per heavy atom. The number of carbonyl (C=O) groups is 1. The van der Waals surface area contributed by atoms with Crippen LogP contribution in [0.1, 0.15) is 11.4 Å². The third-order valence-electron chi connectivity index (χ3n) is 4.06. The van der Waals surface area contributed by atoms with Crippen molar-refractivity contribution >= 4 is 35.0 Å². The molecule has 0 unspecified atom stereocenters. The lowest BCUT2D eigenvalue weighted by molar-refractivity contribution is -0.115. The van der Waals surface area contributed by atoms with Gasteiger partial charge in [0, 0.05) is 23.5 Å². The lowest BCUT2D eigenvalue weighted by atomic mass is 10.2. The average Bonchev–Trinajstić information content (AvgIpc) is 3.02. The molecule has 3 aromatic rings. The molecule has 1 amide bonds. The average molecular weight is 417 g/mol. The van der Waals surface area contributed by atoms with Crippen molar-refractivity contribution in [2.45, 2.75) is 18.5 Å². The molecule has 8 heteroatoms. The van der Waals surface area contributed by atoms with Gasteiger partial charge in [-0.25, -0.2) is 0 Å². The number of hydrogen-bond acceptors (Lipinski definition) is 5. The van der Waals surface area contributed by atoms with E-state index in [1.165, 1.54) is 11.8 Å². The molecule has 0 bridgehead atoms. The van der Waals surface area contributed by atoms with E-state index >= 15 is 0 Å². The quantitative estimate of drug-likeness (QED) is 0.441. The van der Waals surface area contributed by atoms with Crippen LogP contribution < -0.4 is 10.1 Å². The predicted molar refractivity (Wildman–Crippen MR) is 112 cm³/mol. The molecule has 0 atom stereocenters. The number of halogens is 1. The van der Waals surface area contributed by atoms with Gasteiger partial charge < -0.3 is 14.6 Å². The first-order chi connectivity index (χ1) is 13.5. The van der Waals surface area contributed by atoms with Gasteiger partial charge in [-0.15, -0.1) is 10.2 Å². The molecule has 2 aromatic carbocycles. The fourth-order valence-corrected chi connectivity index (χ4v) is 3.37. The minimum absolute atomic E-state index is 0.118. The monoisotopic (exact) mass is 416 g/mol. The molecular weight excluding hydrogens is 396 g/mol. The molecule has 146 valence electrons. The van der Waals surface area contributed by atoms with E-state index in [2.05, 4.69) is 15.5 Å². The Balaban J connectivity index is 1.48. The van der Waals surface area contributed by atoms with Crippen molar-refractivity contribution in [1.82, 2.24) is 14.8 Å². The fraction of sp³-hybridized carbons (Fsp3) is 0.250. The molecular formula is C20H21ClN4O2S. The van der Waals surface area contributed by atoms with Crippen LogP contribution in [0.25, 0.3) is 0 Å². The Bertz CT molecular complexity index is 944. The van der Waals surface area contributed by atoms with E-state index in [0.29, 0.717) is 23.2 Å². The Morgan fingerprint density at radius 3 is 2.68 bits per heavy atom. The number of carbonyl (C=O) groups excluding carboxylic acids is 1. The number of aromatic nitrogens is 3. The Kier molecular flexibility index (Phi) is 6.95. The first-order valence-corrected chi connectivity index (χ1v) is 10.1. The number of hydrogen-bond donors (Lipinski definition) is 1. The minimum atomic E-state index is -0.118. The van der Waals surface area contributed by atoms with Crippen LogP contribution >= 0.6 is 23.4 Å². The number of anilines is 1. The van der Waals surface area contributed by atoms with E-state index in [0.717, 1.165) is 22.2 Å². The van der Waals surface area contributed by atoms with Crippen LogP contribution in [0, 0.1) is 6.92 Å². The molecule has 6 nitrogen and oxygen atoms in total. The number of rotatable bonds is 8. The van der Waals surface area contributed by atoms with E-state index in [1.807, 2.05) is 54.9 Å². The number of ether oxygens (including phenoxy) is 1. The Labute approximate surface area is 173 Å². The maximum Gasteiger partial charge on any atom is 0.232 e. The third-order valence-corrected chi connectivity index (χ3v) is 5.30. The zero-order valence-corrected chi connectivity index (χ0v) is 17.3. The number of para-hydroxylation sites is 1. The van der Waals surface area contributed by atoms with Gasteiger partial charge in [0.05, 0.1) is 13.0 Å². The van der Waals surface area contributed by atoms with Crippen LogP contribution in [0.5, 0.6) is 5.75 Å². The van der Waals surface area contributed by atoms with Crippen LogP contribution in [0.3, 0.4) is 0 Å². The smallest absolute Gasteiger partial charge is 0.232 e. The summed E-state index contributed by atoms with van der Waals surface area (Å²) in [5.41, 5.74) is 1.83. The van der Waals surface area contributed by atoms with Crippen molar-refractivity contribution in [2.75, 3.05) is 17.7 Å². The summed E-state index contributed by atoms with van der Waals surface area (Å²) in [5, 5.41) is 12.7. The maximum absolute atomic E-state index is 12.3. The summed E-state index contributed by atoms with van der Waals surface area (Å²) in [6.07, 6.45) is 0.166. The second-order valence-electron chi connectivity index (χ2n) is 6.15. The number of thioether (sulfide) groups is 1. The summed E-state index contributed by atoms with van der Waals surface area (Å²) >= 11 is 7.39. The van der Waals surface area contributed by atoms with E-state index in [-0.39, 0.29) is 12.3 Å². The van der Waals surface area contributed by atoms with Crippen molar-refractivity contribution in [2.24, 2.45) is 7.05 Å². The lowest BCUT2D eigenvalue weighted by Gasteiger charge is -2.08. The molecule has 0 radical (unpaired) electrons. The molecule has 1 heterocycles. The van der Waals surface area contributed by atoms with E-state index < -0.39 is 0 Å². The minimum Gasteiger partial charge on any atom is -0.493 e. The van der Waals surface area contributed by atoms with Crippen molar-refractivity contribution in [3.8, 4) is 5.75 Å². The van der Waals surface area contributed by atoms with Gasteiger partial charge in [0.2, 0.25) is 5.91 Å². The van der Waals surface area contributed by atoms with Gasteiger partial charge in [-0.3, -0.25) is 4.79 Å². The second kappa shape index (κ2) is 9.61. The van der Waals surface area contributed by atoms with Crippen molar-refractivity contribution in [3.63, 3.8) is 0 Å². The van der Waals surface area contributed by atoms with Gasteiger partial charge in [-0.05, 0) is 42.8 Å². The highest BCUT2D eigenvalue weighted by Crippen LogP contribution is 2.19. The van der Waals surface area contributed by atoms with Crippen molar-refractivity contribution in [3.05, 3.63) is 64.9 Å².